The van der Waals surface area contributed by atoms with Crippen molar-refractivity contribution in [3.05, 3.63) is 64.5 Å². The molecular weight excluding hydrogens is 507 g/mol. The Kier molecular flexibility index (Phi) is 7.83. The highest BCUT2D eigenvalue weighted by Crippen LogP contribution is 2.11. The number of pyridine rings is 1. The Morgan fingerprint density at radius 3 is 2.69 bits per heavy atom. The number of fused-ring (bicyclic) bond motifs is 1. The van der Waals surface area contributed by atoms with E-state index in [4.69, 9.17) is 0 Å². The lowest BCUT2D eigenvalue weighted by atomic mass is 10.2. The van der Waals surface area contributed by atoms with E-state index in [1.165, 1.54) is 5.56 Å². The van der Waals surface area contributed by atoms with E-state index in [1.807, 2.05) is 35.8 Å². The van der Waals surface area contributed by atoms with Crippen LogP contribution in [0.15, 0.2) is 58.1 Å². The van der Waals surface area contributed by atoms with Crippen LogP contribution in [-0.2, 0) is 13.0 Å². The van der Waals surface area contributed by atoms with Crippen LogP contribution in [0, 0.1) is 0 Å². The van der Waals surface area contributed by atoms with Crippen molar-refractivity contribution < 1.29 is 0 Å². The highest BCUT2D eigenvalue weighted by molar-refractivity contribution is 14.0. The van der Waals surface area contributed by atoms with E-state index in [0.717, 1.165) is 41.4 Å². The Morgan fingerprint density at radius 2 is 1.96 bits per heavy atom. The number of rotatable bonds is 5. The Hall–Kier alpha value is -1.68. The van der Waals surface area contributed by atoms with Crippen LogP contribution < -0.4 is 5.32 Å². The molecule has 0 amide bonds. The van der Waals surface area contributed by atoms with Gasteiger partial charge >= 0.3 is 0 Å². The van der Waals surface area contributed by atoms with Crippen molar-refractivity contribution in [2.75, 3.05) is 20.6 Å². The van der Waals surface area contributed by atoms with Gasteiger partial charge in [0.1, 0.15) is 5.82 Å². The molecule has 0 radical (unpaired) electrons. The summed E-state index contributed by atoms with van der Waals surface area (Å²) in [4.78, 5) is 6.46. The second-order valence-electron chi connectivity index (χ2n) is 5.75. The van der Waals surface area contributed by atoms with Crippen molar-refractivity contribution >= 4 is 51.5 Å². The predicted molar refractivity (Wildman–Crippen MR) is 119 cm³/mol. The highest BCUT2D eigenvalue weighted by atomic mass is 127. The van der Waals surface area contributed by atoms with Crippen LogP contribution in [0.4, 0.5) is 0 Å². The van der Waals surface area contributed by atoms with Gasteiger partial charge in [-0.3, -0.25) is 9.39 Å². The first-order chi connectivity index (χ1) is 12.2. The van der Waals surface area contributed by atoms with Gasteiger partial charge in [-0.2, -0.15) is 0 Å². The van der Waals surface area contributed by atoms with Gasteiger partial charge in [0.15, 0.2) is 11.6 Å². The van der Waals surface area contributed by atoms with Gasteiger partial charge in [-0.15, -0.1) is 34.2 Å². The van der Waals surface area contributed by atoms with Crippen LogP contribution >= 0.6 is 39.9 Å². The van der Waals surface area contributed by atoms with E-state index < -0.39 is 0 Å². The molecule has 0 aliphatic heterocycles. The Morgan fingerprint density at radius 1 is 1.19 bits per heavy atom. The van der Waals surface area contributed by atoms with Gasteiger partial charge in [0.05, 0.1) is 0 Å². The van der Waals surface area contributed by atoms with Crippen LogP contribution in [-0.4, -0.2) is 46.1 Å². The monoisotopic (exact) mass is 528 g/mol. The van der Waals surface area contributed by atoms with Gasteiger partial charge in [-0.25, -0.2) is 0 Å². The van der Waals surface area contributed by atoms with E-state index in [0.29, 0.717) is 0 Å². The number of aromatic nitrogens is 3. The van der Waals surface area contributed by atoms with Gasteiger partial charge in [-0.05, 0) is 29.8 Å². The summed E-state index contributed by atoms with van der Waals surface area (Å²) < 4.78 is 3.10. The lowest BCUT2D eigenvalue weighted by Crippen LogP contribution is -2.39. The van der Waals surface area contributed by atoms with Gasteiger partial charge in [0.2, 0.25) is 0 Å². The van der Waals surface area contributed by atoms with E-state index in [9.17, 15) is 0 Å². The van der Waals surface area contributed by atoms with Crippen LogP contribution in [0.2, 0.25) is 0 Å². The minimum absolute atomic E-state index is 0. The van der Waals surface area contributed by atoms with Crippen molar-refractivity contribution in [1.29, 1.82) is 0 Å². The summed E-state index contributed by atoms with van der Waals surface area (Å²) in [6, 6.07) is 14.2. The average molecular weight is 529 g/mol. The fraction of sp³-hybridized carbons (Fsp3) is 0.278. The number of halogens is 2. The normalized spacial score (nSPS) is 11.3. The number of hydrogen-bond donors (Lipinski definition) is 1. The Labute approximate surface area is 178 Å². The molecule has 0 saturated carbocycles. The first-order valence-corrected chi connectivity index (χ1v) is 8.91. The van der Waals surface area contributed by atoms with Gasteiger partial charge in [0, 0.05) is 44.3 Å². The molecule has 1 N–H and O–H groups in total. The number of aliphatic imine (C=N–C) groups is 1. The minimum atomic E-state index is 0. The highest BCUT2D eigenvalue weighted by Gasteiger charge is 2.08. The van der Waals surface area contributed by atoms with E-state index >= 15 is 0 Å². The summed E-state index contributed by atoms with van der Waals surface area (Å²) in [5.41, 5.74) is 2.10. The van der Waals surface area contributed by atoms with Crippen molar-refractivity contribution in [3.8, 4) is 0 Å². The number of guanidine groups is 1. The topological polar surface area (TPSA) is 57.8 Å². The molecule has 0 spiro atoms. The molecule has 6 nitrogen and oxygen atoms in total. The summed E-state index contributed by atoms with van der Waals surface area (Å²) in [5.74, 6) is 1.80. The van der Waals surface area contributed by atoms with E-state index in [2.05, 4.69) is 65.6 Å². The van der Waals surface area contributed by atoms with Crippen molar-refractivity contribution in [1.82, 2.24) is 24.8 Å². The summed E-state index contributed by atoms with van der Waals surface area (Å²) in [7, 11) is 3.83. The molecule has 8 heteroatoms. The molecule has 138 valence electrons. The quantitative estimate of drug-likeness (QED) is 0.313. The summed E-state index contributed by atoms with van der Waals surface area (Å²) in [6.45, 7) is 1.54. The third-order valence-corrected chi connectivity index (χ3v) is 4.45. The second-order valence-corrected chi connectivity index (χ2v) is 6.67. The predicted octanol–water partition coefficient (Wildman–Crippen LogP) is 3.36. The van der Waals surface area contributed by atoms with Gasteiger partial charge in [-0.1, -0.05) is 34.1 Å². The molecule has 0 aliphatic carbocycles. The fourth-order valence-electron chi connectivity index (χ4n) is 2.67. The zero-order valence-electron chi connectivity index (χ0n) is 14.8. The lowest BCUT2D eigenvalue weighted by Gasteiger charge is -2.22. The first kappa shape index (κ1) is 20.6. The maximum Gasteiger partial charge on any atom is 0.193 e. The van der Waals surface area contributed by atoms with Crippen LogP contribution in [0.3, 0.4) is 0 Å². The maximum absolute atomic E-state index is 4.36. The molecule has 2 aromatic heterocycles. The molecule has 3 rings (SSSR count). The Balaban J connectivity index is 0.00000243. The fourth-order valence-corrected chi connectivity index (χ4v) is 2.94. The largest absolute Gasteiger partial charge is 0.356 e. The number of benzene rings is 1. The molecule has 0 saturated heterocycles. The molecule has 2 heterocycles. The molecule has 0 fully saturated rings. The molecule has 0 atom stereocenters. The minimum Gasteiger partial charge on any atom is -0.356 e. The maximum atomic E-state index is 4.36. The third-order valence-electron chi connectivity index (χ3n) is 3.92. The standard InChI is InChI=1S/C18H21BrN6.HI/c1-20-18(24(2)13-14-6-8-15(19)9-7-14)21-11-10-17-23-22-16-5-3-4-12-25(16)17;/h3-9,12H,10-11,13H2,1-2H3,(H,20,21);1H. The molecule has 0 unspecified atom stereocenters. The molecular formula is C18H22BrIN6. The van der Waals surface area contributed by atoms with E-state index in [1.54, 1.807) is 7.05 Å². The SMILES string of the molecule is CN=C(NCCc1nnc2ccccn12)N(C)Cc1ccc(Br)cc1.I. The van der Waals surface area contributed by atoms with Crippen molar-refractivity contribution in [2.45, 2.75) is 13.0 Å². The first-order valence-electron chi connectivity index (χ1n) is 8.12. The Bertz CT molecular complexity index is 862. The van der Waals surface area contributed by atoms with Gasteiger partial charge in [0.25, 0.3) is 0 Å². The van der Waals surface area contributed by atoms with Crippen LogP contribution in [0.5, 0.6) is 0 Å². The molecule has 3 aromatic rings. The van der Waals surface area contributed by atoms with Gasteiger partial charge < -0.3 is 10.2 Å². The van der Waals surface area contributed by atoms with Crippen LogP contribution in [0.25, 0.3) is 5.65 Å². The number of hydrogen-bond acceptors (Lipinski definition) is 3. The third kappa shape index (κ3) is 5.16. The van der Waals surface area contributed by atoms with Crippen molar-refractivity contribution in [3.63, 3.8) is 0 Å². The molecule has 0 bridgehead atoms. The molecule has 26 heavy (non-hydrogen) atoms. The van der Waals surface area contributed by atoms with E-state index in [-0.39, 0.29) is 24.0 Å². The summed E-state index contributed by atoms with van der Waals surface area (Å²) >= 11 is 3.46. The molecule has 1 aromatic carbocycles. The zero-order valence-corrected chi connectivity index (χ0v) is 18.7. The van der Waals surface area contributed by atoms with Crippen LogP contribution in [0.1, 0.15) is 11.4 Å². The average Bonchev–Trinajstić information content (AvgIpc) is 3.04. The van der Waals surface area contributed by atoms with Crippen molar-refractivity contribution in [2.24, 2.45) is 4.99 Å². The number of nitrogens with one attached hydrogen (secondary N) is 1. The smallest absolute Gasteiger partial charge is 0.193 e. The summed E-state index contributed by atoms with van der Waals surface area (Å²) in [5, 5.41) is 11.8. The molecule has 0 aliphatic rings. The lowest BCUT2D eigenvalue weighted by molar-refractivity contribution is 0.476. The summed E-state index contributed by atoms with van der Waals surface area (Å²) in [6.07, 6.45) is 2.76. The number of nitrogens with zero attached hydrogens (tertiary/aromatic N) is 5. The zero-order chi connectivity index (χ0) is 17.6. The second kappa shape index (κ2) is 9.86.